The van der Waals surface area contributed by atoms with Crippen LogP contribution in [0.4, 0.5) is 10.1 Å². The largest absolute Gasteiger partial charge is 0.373 e. The van der Waals surface area contributed by atoms with Gasteiger partial charge in [0.1, 0.15) is 11.9 Å². The molecule has 1 fully saturated rings. The molecule has 1 saturated heterocycles. The maximum Gasteiger partial charge on any atom is 0.313 e. The van der Waals surface area contributed by atoms with Crippen LogP contribution in [0.3, 0.4) is 0 Å². The highest BCUT2D eigenvalue weighted by atomic mass is 19.1. The molecule has 0 saturated carbocycles. The van der Waals surface area contributed by atoms with Crippen LogP contribution in [0.25, 0.3) is 0 Å². The van der Waals surface area contributed by atoms with E-state index in [1.807, 2.05) is 13.8 Å². The molecule has 0 aromatic heterocycles. The molecule has 8 heteroatoms. The molecular weight excluding hydrogens is 327 g/mol. The average Bonchev–Trinajstić information content (AvgIpc) is 2.55. The van der Waals surface area contributed by atoms with E-state index in [1.54, 1.807) is 6.07 Å². The summed E-state index contributed by atoms with van der Waals surface area (Å²) in [6.07, 6.45) is 0.270. The van der Waals surface area contributed by atoms with E-state index in [9.17, 15) is 14.0 Å². The molecule has 0 aliphatic carbocycles. The summed E-state index contributed by atoms with van der Waals surface area (Å²) in [5.74, 6) is -2.32. The third-order valence-electron chi connectivity index (χ3n) is 3.76. The van der Waals surface area contributed by atoms with Gasteiger partial charge in [0.05, 0.1) is 17.8 Å². The van der Waals surface area contributed by atoms with Crippen molar-refractivity contribution in [3.05, 3.63) is 29.6 Å². The van der Waals surface area contributed by atoms with Gasteiger partial charge in [0, 0.05) is 31.9 Å². The Bertz CT molecular complexity index is 679. The molecule has 0 radical (unpaired) electrons. The van der Waals surface area contributed by atoms with E-state index in [0.29, 0.717) is 13.1 Å². The highest BCUT2D eigenvalue weighted by Crippen LogP contribution is 2.13. The van der Waals surface area contributed by atoms with Gasteiger partial charge >= 0.3 is 11.8 Å². The number of nitrogens with one attached hydrogen (secondary N) is 2. The van der Waals surface area contributed by atoms with Gasteiger partial charge in [0.2, 0.25) is 0 Å². The van der Waals surface area contributed by atoms with Crippen molar-refractivity contribution in [1.29, 1.82) is 5.26 Å². The Balaban J connectivity index is 1.79. The number of amides is 2. The molecule has 0 unspecified atom stereocenters. The molecule has 0 bridgehead atoms. The Morgan fingerprint density at radius 1 is 1.32 bits per heavy atom. The third-order valence-corrected chi connectivity index (χ3v) is 3.76. The van der Waals surface area contributed by atoms with Crippen molar-refractivity contribution in [2.45, 2.75) is 26.1 Å². The van der Waals surface area contributed by atoms with Crippen molar-refractivity contribution in [2.24, 2.45) is 0 Å². The van der Waals surface area contributed by atoms with E-state index >= 15 is 0 Å². The normalized spacial score (nSPS) is 20.6. The van der Waals surface area contributed by atoms with Crippen LogP contribution in [0.1, 0.15) is 19.4 Å². The standard InChI is InChI=1S/C17H21FN4O3/c1-11-9-22(10-12(2)25-11)6-5-20-16(23)17(24)21-14-3-4-15(18)13(7-14)8-19/h3-4,7,11-12H,5-6,9-10H2,1-2H3,(H,20,23)(H,21,24)/t11-,12+. The van der Waals surface area contributed by atoms with Crippen molar-refractivity contribution in [1.82, 2.24) is 10.2 Å². The average molecular weight is 348 g/mol. The number of morpholine rings is 1. The van der Waals surface area contributed by atoms with Gasteiger partial charge in [0.15, 0.2) is 0 Å². The van der Waals surface area contributed by atoms with Crippen molar-refractivity contribution >= 4 is 17.5 Å². The minimum Gasteiger partial charge on any atom is -0.373 e. The van der Waals surface area contributed by atoms with E-state index in [0.717, 1.165) is 19.2 Å². The number of carbonyl (C=O) groups excluding carboxylic acids is 2. The maximum atomic E-state index is 13.2. The van der Waals surface area contributed by atoms with Crippen molar-refractivity contribution in [3.8, 4) is 6.07 Å². The summed E-state index contributed by atoms with van der Waals surface area (Å²) in [7, 11) is 0. The third kappa shape index (κ3) is 5.52. The van der Waals surface area contributed by atoms with Crippen molar-refractivity contribution in [3.63, 3.8) is 0 Å². The Morgan fingerprint density at radius 3 is 2.64 bits per heavy atom. The van der Waals surface area contributed by atoms with Gasteiger partial charge in [-0.15, -0.1) is 0 Å². The van der Waals surface area contributed by atoms with Crippen LogP contribution in [-0.4, -0.2) is 55.1 Å². The van der Waals surface area contributed by atoms with Gasteiger partial charge in [-0.2, -0.15) is 5.26 Å². The first-order valence-electron chi connectivity index (χ1n) is 8.05. The second-order valence-corrected chi connectivity index (χ2v) is 6.03. The van der Waals surface area contributed by atoms with E-state index in [4.69, 9.17) is 10.00 Å². The maximum absolute atomic E-state index is 13.2. The first-order valence-corrected chi connectivity index (χ1v) is 8.05. The van der Waals surface area contributed by atoms with Gasteiger partial charge in [-0.05, 0) is 32.0 Å². The fraction of sp³-hybridized carbons (Fsp3) is 0.471. The van der Waals surface area contributed by atoms with Crippen molar-refractivity contribution in [2.75, 3.05) is 31.5 Å². The summed E-state index contributed by atoms with van der Waals surface area (Å²) < 4.78 is 18.9. The Labute approximate surface area is 145 Å². The zero-order chi connectivity index (χ0) is 18.4. The first-order chi connectivity index (χ1) is 11.9. The van der Waals surface area contributed by atoms with E-state index in [-0.39, 0.29) is 23.5 Å². The Hall–Kier alpha value is -2.50. The van der Waals surface area contributed by atoms with E-state index < -0.39 is 17.6 Å². The summed E-state index contributed by atoms with van der Waals surface area (Å²) >= 11 is 0. The molecule has 0 spiro atoms. The molecule has 2 rings (SSSR count). The number of hydrogen-bond donors (Lipinski definition) is 2. The summed E-state index contributed by atoms with van der Waals surface area (Å²) in [6, 6.07) is 5.20. The van der Waals surface area contributed by atoms with Crippen LogP contribution in [0.15, 0.2) is 18.2 Å². The number of nitrogens with zero attached hydrogens (tertiary/aromatic N) is 2. The number of anilines is 1. The molecule has 2 atom stereocenters. The molecule has 1 aliphatic rings. The minimum absolute atomic E-state index is 0.135. The number of rotatable bonds is 4. The molecule has 134 valence electrons. The Morgan fingerprint density at radius 2 is 2.00 bits per heavy atom. The van der Waals surface area contributed by atoms with E-state index in [1.165, 1.54) is 12.1 Å². The number of carbonyl (C=O) groups is 2. The number of hydrogen-bond acceptors (Lipinski definition) is 5. The SMILES string of the molecule is C[C@@H]1CN(CCNC(=O)C(=O)Nc2ccc(F)c(C#N)c2)C[C@H](C)O1. The second-order valence-electron chi connectivity index (χ2n) is 6.03. The molecular formula is C17H21FN4O3. The van der Waals surface area contributed by atoms with Gasteiger partial charge < -0.3 is 15.4 Å². The molecule has 1 aromatic carbocycles. The fourth-order valence-corrected chi connectivity index (χ4v) is 2.75. The number of halogens is 1. The van der Waals surface area contributed by atoms with Crippen LogP contribution in [0.5, 0.6) is 0 Å². The first kappa shape index (κ1) is 18.8. The predicted molar refractivity (Wildman–Crippen MR) is 89.2 cm³/mol. The van der Waals surface area contributed by atoms with Gasteiger partial charge in [-0.1, -0.05) is 0 Å². The lowest BCUT2D eigenvalue weighted by Crippen LogP contribution is -2.48. The van der Waals surface area contributed by atoms with Crippen LogP contribution < -0.4 is 10.6 Å². The fourth-order valence-electron chi connectivity index (χ4n) is 2.75. The predicted octanol–water partition coefficient (Wildman–Crippen LogP) is 0.861. The lowest BCUT2D eigenvalue weighted by Gasteiger charge is -2.35. The van der Waals surface area contributed by atoms with Crippen LogP contribution >= 0.6 is 0 Å². The zero-order valence-electron chi connectivity index (χ0n) is 14.2. The molecule has 2 N–H and O–H groups in total. The summed E-state index contributed by atoms with van der Waals surface area (Å²) in [4.78, 5) is 25.8. The highest BCUT2D eigenvalue weighted by molar-refractivity contribution is 6.39. The zero-order valence-corrected chi connectivity index (χ0v) is 14.2. The lowest BCUT2D eigenvalue weighted by molar-refractivity contribution is -0.136. The van der Waals surface area contributed by atoms with Gasteiger partial charge in [-0.25, -0.2) is 4.39 Å². The van der Waals surface area contributed by atoms with Crippen LogP contribution in [0.2, 0.25) is 0 Å². The summed E-state index contributed by atoms with van der Waals surface area (Å²) in [6.45, 7) is 6.49. The summed E-state index contributed by atoms with van der Waals surface area (Å²) in [5, 5.41) is 13.7. The van der Waals surface area contributed by atoms with Gasteiger partial charge in [0.25, 0.3) is 0 Å². The minimum atomic E-state index is -0.862. The number of benzene rings is 1. The highest BCUT2D eigenvalue weighted by Gasteiger charge is 2.22. The molecule has 7 nitrogen and oxygen atoms in total. The second kappa shape index (κ2) is 8.55. The Kier molecular flexibility index (Phi) is 6.44. The number of nitriles is 1. The molecule has 1 heterocycles. The smallest absolute Gasteiger partial charge is 0.313 e. The quantitative estimate of drug-likeness (QED) is 0.787. The topological polar surface area (TPSA) is 94.5 Å². The monoisotopic (exact) mass is 348 g/mol. The van der Waals surface area contributed by atoms with Crippen molar-refractivity contribution < 1.29 is 18.7 Å². The van der Waals surface area contributed by atoms with Gasteiger partial charge in [-0.3, -0.25) is 14.5 Å². The molecule has 1 aromatic rings. The van der Waals surface area contributed by atoms with E-state index in [2.05, 4.69) is 15.5 Å². The molecule has 1 aliphatic heterocycles. The number of ether oxygens (including phenoxy) is 1. The molecule has 25 heavy (non-hydrogen) atoms. The van der Waals surface area contributed by atoms with Crippen LogP contribution in [-0.2, 0) is 14.3 Å². The molecule has 2 amide bonds. The van der Waals surface area contributed by atoms with Crippen LogP contribution in [0, 0.1) is 17.1 Å². The lowest BCUT2D eigenvalue weighted by atomic mass is 10.2. The summed E-state index contributed by atoms with van der Waals surface area (Å²) in [5.41, 5.74) is -0.0114.